The minimum absolute atomic E-state index is 0.0439. The second kappa shape index (κ2) is 7.05. The van der Waals surface area contributed by atoms with Crippen LogP contribution >= 0.6 is 0 Å². The van der Waals surface area contributed by atoms with Gasteiger partial charge in [-0.3, -0.25) is 4.79 Å². The molecule has 3 aromatic rings. The summed E-state index contributed by atoms with van der Waals surface area (Å²) in [5, 5.41) is 10.1. The summed E-state index contributed by atoms with van der Waals surface area (Å²) >= 11 is 0. The molecule has 0 saturated carbocycles. The van der Waals surface area contributed by atoms with Gasteiger partial charge in [0.05, 0.1) is 12.5 Å². The van der Waals surface area contributed by atoms with Gasteiger partial charge in [-0.2, -0.15) is 0 Å². The lowest BCUT2D eigenvalue weighted by molar-refractivity contribution is -0.131. The van der Waals surface area contributed by atoms with Gasteiger partial charge in [0.2, 0.25) is 5.91 Å². The molecule has 7 nitrogen and oxygen atoms in total. The number of H-pyrrole nitrogens is 1. The molecule has 5 rings (SSSR count). The minimum atomic E-state index is 0.0439. The zero-order chi connectivity index (χ0) is 19.1. The Morgan fingerprint density at radius 2 is 2.07 bits per heavy atom. The second-order valence-corrected chi connectivity index (χ2v) is 7.96. The first-order valence-corrected chi connectivity index (χ1v) is 10.2. The minimum Gasteiger partial charge on any atom is -0.361 e. The molecule has 0 unspecified atom stereocenters. The Kier molecular flexibility index (Phi) is 4.39. The van der Waals surface area contributed by atoms with Gasteiger partial charge in [-0.15, -0.1) is 10.2 Å². The van der Waals surface area contributed by atoms with E-state index in [0.29, 0.717) is 6.42 Å². The number of fused-ring (bicyclic) bond motifs is 2. The van der Waals surface area contributed by atoms with Crippen molar-refractivity contribution in [3.05, 3.63) is 47.7 Å². The summed E-state index contributed by atoms with van der Waals surface area (Å²) in [7, 11) is 2.14. The zero-order valence-electron chi connectivity index (χ0n) is 16.3. The van der Waals surface area contributed by atoms with E-state index in [2.05, 4.69) is 37.8 Å². The Bertz CT molecular complexity index is 1010. The molecular formula is C21H26N6O. The predicted octanol–water partition coefficient (Wildman–Crippen LogP) is 2.15. The van der Waals surface area contributed by atoms with Crippen molar-refractivity contribution in [2.75, 3.05) is 26.7 Å². The molecule has 0 radical (unpaired) electrons. The number of hydrogen-bond acceptors (Lipinski definition) is 4. The number of nitrogens with one attached hydrogen (secondary N) is 1. The second-order valence-electron chi connectivity index (χ2n) is 7.96. The first kappa shape index (κ1) is 17.4. The molecule has 1 saturated heterocycles. The third kappa shape index (κ3) is 2.99. The maximum absolute atomic E-state index is 13.2. The fourth-order valence-corrected chi connectivity index (χ4v) is 4.57. The molecule has 0 bridgehead atoms. The first-order valence-electron chi connectivity index (χ1n) is 10.2. The number of hydrogen-bond donors (Lipinski definition) is 1. The molecule has 1 atom stereocenters. The van der Waals surface area contributed by atoms with Crippen LogP contribution in [0.4, 0.5) is 0 Å². The van der Waals surface area contributed by atoms with Crippen molar-refractivity contribution in [3.8, 4) is 0 Å². The van der Waals surface area contributed by atoms with Gasteiger partial charge in [0.15, 0.2) is 5.82 Å². The van der Waals surface area contributed by atoms with E-state index in [1.54, 1.807) is 0 Å². The number of aromatic nitrogens is 4. The van der Waals surface area contributed by atoms with Crippen molar-refractivity contribution in [3.63, 3.8) is 0 Å². The molecule has 4 heterocycles. The molecule has 2 aliphatic rings. The van der Waals surface area contributed by atoms with E-state index >= 15 is 0 Å². The maximum Gasteiger partial charge on any atom is 0.227 e. The Labute approximate surface area is 164 Å². The molecule has 1 fully saturated rings. The van der Waals surface area contributed by atoms with E-state index in [9.17, 15) is 4.79 Å². The van der Waals surface area contributed by atoms with Gasteiger partial charge >= 0.3 is 0 Å². The van der Waals surface area contributed by atoms with Gasteiger partial charge in [-0.05, 0) is 31.5 Å². The molecular weight excluding hydrogens is 352 g/mol. The van der Waals surface area contributed by atoms with Crippen molar-refractivity contribution >= 4 is 16.8 Å². The summed E-state index contributed by atoms with van der Waals surface area (Å²) in [6.45, 7) is 3.70. The average molecular weight is 378 g/mol. The number of rotatable bonds is 3. The molecule has 146 valence electrons. The molecule has 1 N–H and O–H groups in total. The highest BCUT2D eigenvalue weighted by molar-refractivity contribution is 5.89. The van der Waals surface area contributed by atoms with Crippen LogP contribution in [0.15, 0.2) is 30.5 Å². The number of likely N-dealkylation sites (N-methyl/N-ethyl adjacent to an activating group) is 1. The summed E-state index contributed by atoms with van der Waals surface area (Å²) in [5.74, 6) is 2.20. The molecule has 2 aromatic heterocycles. The number of carbonyl (C=O) groups excluding carboxylic acids is 1. The van der Waals surface area contributed by atoms with Crippen LogP contribution < -0.4 is 0 Å². The van der Waals surface area contributed by atoms with Gasteiger partial charge in [0, 0.05) is 49.7 Å². The molecule has 1 aromatic carbocycles. The van der Waals surface area contributed by atoms with Crippen LogP contribution in [0, 0.1) is 0 Å². The highest BCUT2D eigenvalue weighted by atomic mass is 16.2. The lowest BCUT2D eigenvalue weighted by Crippen LogP contribution is -2.33. The highest BCUT2D eigenvalue weighted by Crippen LogP contribution is 2.32. The monoisotopic (exact) mass is 378 g/mol. The van der Waals surface area contributed by atoms with Crippen LogP contribution in [0.1, 0.15) is 36.1 Å². The normalized spacial score (nSPS) is 20.5. The van der Waals surface area contributed by atoms with E-state index in [4.69, 9.17) is 0 Å². The number of benzene rings is 1. The SMILES string of the molecule is CN1CCc2nnc([C@H]3CCCN3C(=O)Cc3c[nH]c4ccccc34)n2CC1. The third-order valence-electron chi connectivity index (χ3n) is 6.17. The molecule has 0 aliphatic carbocycles. The first-order chi connectivity index (χ1) is 13.7. The van der Waals surface area contributed by atoms with Gasteiger partial charge < -0.3 is 19.4 Å². The Hall–Kier alpha value is -2.67. The predicted molar refractivity (Wildman–Crippen MR) is 107 cm³/mol. The van der Waals surface area contributed by atoms with Crippen LogP contribution in [0.2, 0.25) is 0 Å². The van der Waals surface area contributed by atoms with Crippen molar-refractivity contribution in [1.29, 1.82) is 0 Å². The van der Waals surface area contributed by atoms with E-state index in [1.807, 2.05) is 29.3 Å². The summed E-state index contributed by atoms with van der Waals surface area (Å²) in [5.41, 5.74) is 2.14. The molecule has 7 heteroatoms. The summed E-state index contributed by atoms with van der Waals surface area (Å²) in [6.07, 6.45) is 5.29. The number of aromatic amines is 1. The van der Waals surface area contributed by atoms with E-state index in [0.717, 1.165) is 73.6 Å². The number of likely N-dealkylation sites (tertiary alicyclic amines) is 1. The van der Waals surface area contributed by atoms with E-state index in [1.165, 1.54) is 0 Å². The number of nitrogens with zero attached hydrogens (tertiary/aromatic N) is 5. The smallest absolute Gasteiger partial charge is 0.227 e. The number of amides is 1. The fourth-order valence-electron chi connectivity index (χ4n) is 4.57. The summed E-state index contributed by atoms with van der Waals surface area (Å²) in [4.78, 5) is 20.8. The Balaban J connectivity index is 1.39. The standard InChI is InChI=1S/C21H26N6O/c1-25-10-8-19-23-24-21(27(19)12-11-25)18-7-4-9-26(18)20(28)13-15-14-22-17-6-3-2-5-16(15)17/h2-3,5-6,14,18,22H,4,7-13H2,1H3/t18-/m1/s1. The molecule has 0 spiro atoms. The van der Waals surface area contributed by atoms with Gasteiger partial charge in [0.25, 0.3) is 0 Å². The van der Waals surface area contributed by atoms with Crippen LogP contribution in [0.25, 0.3) is 10.9 Å². The van der Waals surface area contributed by atoms with Gasteiger partial charge in [-0.25, -0.2) is 0 Å². The zero-order valence-corrected chi connectivity index (χ0v) is 16.3. The van der Waals surface area contributed by atoms with Crippen molar-refractivity contribution in [1.82, 2.24) is 29.5 Å². The summed E-state index contributed by atoms with van der Waals surface area (Å²) < 4.78 is 2.26. The van der Waals surface area contributed by atoms with Crippen molar-refractivity contribution in [2.24, 2.45) is 0 Å². The number of carbonyl (C=O) groups is 1. The van der Waals surface area contributed by atoms with E-state index < -0.39 is 0 Å². The topological polar surface area (TPSA) is 70.1 Å². The van der Waals surface area contributed by atoms with Gasteiger partial charge in [0.1, 0.15) is 5.82 Å². The number of para-hydroxylation sites is 1. The molecule has 1 amide bonds. The van der Waals surface area contributed by atoms with Crippen molar-refractivity contribution in [2.45, 2.75) is 38.3 Å². The van der Waals surface area contributed by atoms with Crippen LogP contribution in [0.3, 0.4) is 0 Å². The largest absolute Gasteiger partial charge is 0.361 e. The average Bonchev–Trinajstić information content (AvgIpc) is 3.40. The van der Waals surface area contributed by atoms with Crippen LogP contribution in [-0.2, 0) is 24.2 Å². The van der Waals surface area contributed by atoms with E-state index in [-0.39, 0.29) is 11.9 Å². The van der Waals surface area contributed by atoms with Gasteiger partial charge in [-0.1, -0.05) is 18.2 Å². The lowest BCUT2D eigenvalue weighted by Gasteiger charge is -2.25. The molecule has 28 heavy (non-hydrogen) atoms. The lowest BCUT2D eigenvalue weighted by atomic mass is 10.1. The fraction of sp³-hybridized carbons (Fsp3) is 0.476. The quantitative estimate of drug-likeness (QED) is 0.758. The molecule has 2 aliphatic heterocycles. The van der Waals surface area contributed by atoms with Crippen LogP contribution in [0.5, 0.6) is 0 Å². The third-order valence-corrected chi connectivity index (χ3v) is 6.17. The highest BCUT2D eigenvalue weighted by Gasteiger charge is 2.34. The maximum atomic E-state index is 13.2. The van der Waals surface area contributed by atoms with Crippen molar-refractivity contribution < 1.29 is 4.79 Å². The summed E-state index contributed by atoms with van der Waals surface area (Å²) in [6, 6.07) is 8.19. The Morgan fingerprint density at radius 1 is 1.18 bits per heavy atom. The Morgan fingerprint density at radius 3 is 3.00 bits per heavy atom. The van der Waals surface area contributed by atoms with Crippen LogP contribution in [-0.4, -0.2) is 62.1 Å².